The molecule has 1 aliphatic rings. The molecule has 1 aliphatic heterocycles. The minimum absolute atomic E-state index is 0.0648. The molecule has 1 aromatic carbocycles. The van der Waals surface area contributed by atoms with E-state index in [-0.39, 0.29) is 11.9 Å². The van der Waals surface area contributed by atoms with Gasteiger partial charge in [-0.25, -0.2) is 0 Å². The number of benzene rings is 1. The molecular formula is C14H21N3O. The lowest BCUT2D eigenvalue weighted by Crippen LogP contribution is -2.57. The van der Waals surface area contributed by atoms with Crippen molar-refractivity contribution in [3.8, 4) is 0 Å². The van der Waals surface area contributed by atoms with Crippen LogP contribution in [0, 0.1) is 6.92 Å². The Kier molecular flexibility index (Phi) is 4.33. The quantitative estimate of drug-likeness (QED) is 0.815. The first-order valence-corrected chi connectivity index (χ1v) is 6.42. The number of carbonyl (C=O) groups excluding carboxylic acids is 1. The number of nitrogens with zero attached hydrogens (tertiary/aromatic N) is 1. The van der Waals surface area contributed by atoms with Crippen LogP contribution >= 0.6 is 0 Å². The molecule has 1 amide bonds. The number of nitrogens with one attached hydrogen (secondary N) is 2. The molecule has 4 nitrogen and oxygen atoms in total. The summed E-state index contributed by atoms with van der Waals surface area (Å²) in [5, 5.41) is 6.01. The van der Waals surface area contributed by atoms with E-state index in [9.17, 15) is 4.79 Å². The topological polar surface area (TPSA) is 44.4 Å². The van der Waals surface area contributed by atoms with Crippen molar-refractivity contribution in [1.29, 1.82) is 0 Å². The van der Waals surface area contributed by atoms with Gasteiger partial charge in [-0.1, -0.05) is 29.8 Å². The molecule has 18 heavy (non-hydrogen) atoms. The lowest BCUT2D eigenvalue weighted by Gasteiger charge is -2.34. The molecule has 2 N–H and O–H groups in total. The fraction of sp³-hybridized carbons (Fsp3) is 0.500. The van der Waals surface area contributed by atoms with E-state index < -0.39 is 0 Å². The van der Waals surface area contributed by atoms with Crippen LogP contribution in [0.4, 0.5) is 0 Å². The summed E-state index contributed by atoms with van der Waals surface area (Å²) in [7, 11) is 1.88. The molecule has 2 rings (SSSR count). The number of hydrogen-bond acceptors (Lipinski definition) is 3. The zero-order valence-corrected chi connectivity index (χ0v) is 11.1. The Morgan fingerprint density at radius 2 is 2.11 bits per heavy atom. The molecule has 98 valence electrons. The number of carbonyl (C=O) groups is 1. The highest BCUT2D eigenvalue weighted by molar-refractivity contribution is 5.82. The van der Waals surface area contributed by atoms with Crippen molar-refractivity contribution in [3.63, 3.8) is 0 Å². The fourth-order valence-electron chi connectivity index (χ4n) is 2.29. The summed E-state index contributed by atoms with van der Waals surface area (Å²) >= 11 is 0. The number of likely N-dealkylation sites (N-methyl/N-ethyl adjacent to an activating group) is 1. The van der Waals surface area contributed by atoms with Crippen LogP contribution in [0.5, 0.6) is 0 Å². The van der Waals surface area contributed by atoms with Gasteiger partial charge in [-0.3, -0.25) is 9.69 Å². The Hall–Kier alpha value is -1.39. The molecule has 0 aromatic heterocycles. The molecule has 4 heteroatoms. The molecule has 0 aliphatic carbocycles. The van der Waals surface area contributed by atoms with Crippen molar-refractivity contribution in [1.82, 2.24) is 15.5 Å². The van der Waals surface area contributed by atoms with Crippen LogP contribution in [0.3, 0.4) is 0 Å². The molecule has 1 fully saturated rings. The van der Waals surface area contributed by atoms with Gasteiger partial charge in [0, 0.05) is 26.2 Å². The van der Waals surface area contributed by atoms with Crippen molar-refractivity contribution >= 4 is 5.91 Å². The minimum atomic E-state index is -0.0648. The monoisotopic (exact) mass is 247 g/mol. The average Bonchev–Trinajstić information content (AvgIpc) is 2.36. The molecular weight excluding hydrogens is 226 g/mol. The van der Waals surface area contributed by atoms with E-state index in [2.05, 4.69) is 46.7 Å². The lowest BCUT2D eigenvalue weighted by molar-refractivity contribution is -0.129. The summed E-state index contributed by atoms with van der Waals surface area (Å²) < 4.78 is 0. The van der Waals surface area contributed by atoms with Gasteiger partial charge in [-0.15, -0.1) is 0 Å². The highest BCUT2D eigenvalue weighted by atomic mass is 16.2. The second-order valence-corrected chi connectivity index (χ2v) is 4.82. The fourth-order valence-corrected chi connectivity index (χ4v) is 2.29. The first kappa shape index (κ1) is 13.1. The summed E-state index contributed by atoms with van der Waals surface area (Å²) in [6.07, 6.45) is 0. The van der Waals surface area contributed by atoms with E-state index in [1.807, 2.05) is 7.05 Å². The number of amides is 1. The van der Waals surface area contributed by atoms with Crippen LogP contribution < -0.4 is 10.6 Å². The highest BCUT2D eigenvalue weighted by Gasteiger charge is 2.28. The molecule has 1 saturated heterocycles. The lowest BCUT2D eigenvalue weighted by atomic mass is 10.1. The Morgan fingerprint density at radius 1 is 1.39 bits per heavy atom. The van der Waals surface area contributed by atoms with Crippen molar-refractivity contribution in [2.45, 2.75) is 19.5 Å². The van der Waals surface area contributed by atoms with Crippen LogP contribution in [0.2, 0.25) is 0 Å². The molecule has 0 spiro atoms. The summed E-state index contributed by atoms with van der Waals surface area (Å²) in [5.41, 5.74) is 2.53. The van der Waals surface area contributed by atoms with Gasteiger partial charge in [0.15, 0.2) is 0 Å². The van der Waals surface area contributed by atoms with Crippen LogP contribution in [-0.2, 0) is 11.3 Å². The number of rotatable bonds is 4. The van der Waals surface area contributed by atoms with Gasteiger partial charge < -0.3 is 10.6 Å². The van der Waals surface area contributed by atoms with Crippen molar-refractivity contribution in [3.05, 3.63) is 35.4 Å². The molecule has 1 aromatic rings. The number of aryl methyl sites for hydroxylation is 1. The summed E-state index contributed by atoms with van der Waals surface area (Å²) in [4.78, 5) is 14.1. The van der Waals surface area contributed by atoms with Crippen LogP contribution in [0.15, 0.2) is 24.3 Å². The van der Waals surface area contributed by atoms with Gasteiger partial charge in [0.2, 0.25) is 5.91 Å². The predicted molar refractivity (Wildman–Crippen MR) is 72.3 cm³/mol. The Labute approximate surface area is 108 Å². The third kappa shape index (κ3) is 3.09. The van der Waals surface area contributed by atoms with Gasteiger partial charge in [0.25, 0.3) is 0 Å². The largest absolute Gasteiger partial charge is 0.353 e. The SMILES string of the molecule is CNCC1C(=O)NCCN1Cc1ccc(C)cc1. The van der Waals surface area contributed by atoms with Crippen molar-refractivity contribution < 1.29 is 4.79 Å². The van der Waals surface area contributed by atoms with E-state index in [1.165, 1.54) is 11.1 Å². The first-order chi connectivity index (χ1) is 8.70. The molecule has 0 bridgehead atoms. The van der Waals surface area contributed by atoms with Gasteiger partial charge in [-0.2, -0.15) is 0 Å². The number of hydrogen-bond donors (Lipinski definition) is 2. The Morgan fingerprint density at radius 3 is 2.78 bits per heavy atom. The summed E-state index contributed by atoms with van der Waals surface area (Å²) in [6.45, 7) is 5.26. The maximum absolute atomic E-state index is 11.8. The summed E-state index contributed by atoms with van der Waals surface area (Å²) in [6, 6.07) is 8.44. The molecule has 0 radical (unpaired) electrons. The average molecular weight is 247 g/mol. The van der Waals surface area contributed by atoms with Gasteiger partial charge in [0.1, 0.15) is 6.04 Å². The van der Waals surface area contributed by atoms with Crippen LogP contribution in [-0.4, -0.2) is 43.5 Å². The van der Waals surface area contributed by atoms with E-state index >= 15 is 0 Å². The van der Waals surface area contributed by atoms with Gasteiger partial charge in [-0.05, 0) is 19.5 Å². The van der Waals surface area contributed by atoms with E-state index in [4.69, 9.17) is 0 Å². The zero-order valence-electron chi connectivity index (χ0n) is 11.1. The standard InChI is InChI=1S/C14H21N3O/c1-11-3-5-12(6-4-11)10-17-8-7-16-14(18)13(17)9-15-2/h3-6,13,15H,7-10H2,1-2H3,(H,16,18). The third-order valence-corrected chi connectivity index (χ3v) is 3.35. The maximum atomic E-state index is 11.8. The van der Waals surface area contributed by atoms with Crippen LogP contribution in [0.25, 0.3) is 0 Å². The molecule has 0 saturated carbocycles. The third-order valence-electron chi connectivity index (χ3n) is 3.35. The normalized spacial score (nSPS) is 20.8. The molecule has 1 heterocycles. The highest BCUT2D eigenvalue weighted by Crippen LogP contribution is 2.11. The van der Waals surface area contributed by atoms with Crippen LogP contribution in [0.1, 0.15) is 11.1 Å². The first-order valence-electron chi connectivity index (χ1n) is 6.42. The number of piperazine rings is 1. The van der Waals surface area contributed by atoms with Crippen molar-refractivity contribution in [2.24, 2.45) is 0 Å². The minimum Gasteiger partial charge on any atom is -0.353 e. The molecule has 1 atom stereocenters. The smallest absolute Gasteiger partial charge is 0.238 e. The van der Waals surface area contributed by atoms with Gasteiger partial charge in [0.05, 0.1) is 0 Å². The predicted octanol–water partition coefficient (Wildman–Crippen LogP) is 0.515. The van der Waals surface area contributed by atoms with E-state index in [0.29, 0.717) is 6.54 Å². The Balaban J connectivity index is 2.05. The van der Waals surface area contributed by atoms with Crippen molar-refractivity contribution in [2.75, 3.05) is 26.7 Å². The maximum Gasteiger partial charge on any atom is 0.238 e. The second-order valence-electron chi connectivity index (χ2n) is 4.82. The Bertz CT molecular complexity index is 402. The van der Waals surface area contributed by atoms with E-state index in [0.717, 1.165) is 19.6 Å². The summed E-state index contributed by atoms with van der Waals surface area (Å²) in [5.74, 6) is 0.128. The van der Waals surface area contributed by atoms with E-state index in [1.54, 1.807) is 0 Å². The molecule has 1 unspecified atom stereocenters. The van der Waals surface area contributed by atoms with Gasteiger partial charge >= 0.3 is 0 Å². The second kappa shape index (κ2) is 5.98. The zero-order chi connectivity index (χ0) is 13.0.